The molecule has 9 nitrogen and oxygen atoms in total. The van der Waals surface area contributed by atoms with Crippen LogP contribution in [0.1, 0.15) is 33.6 Å². The van der Waals surface area contributed by atoms with Gasteiger partial charge in [0.25, 0.3) is 5.91 Å². The van der Waals surface area contributed by atoms with E-state index in [1.54, 1.807) is 14.0 Å². The Morgan fingerprint density at radius 1 is 1.46 bits per heavy atom. The minimum absolute atomic E-state index is 0.166. The largest absolute Gasteiger partial charge is 0.462 e. The monoisotopic (exact) mass is 535 g/mol. The molecule has 12 heteroatoms. The maximum Gasteiger partial charge on any atom is 0.350 e. The predicted molar refractivity (Wildman–Crippen MR) is 111 cm³/mol. The molecule has 1 amide bonds. The topological polar surface area (TPSA) is 109 Å². The summed E-state index contributed by atoms with van der Waals surface area (Å²) in [7, 11) is 1.61. The van der Waals surface area contributed by atoms with Gasteiger partial charge in [0.1, 0.15) is 14.1 Å². The van der Waals surface area contributed by atoms with Crippen LogP contribution in [0.2, 0.25) is 0 Å². The van der Waals surface area contributed by atoms with Gasteiger partial charge in [-0.05, 0) is 45.2 Å². The third kappa shape index (κ3) is 4.73. The van der Waals surface area contributed by atoms with Gasteiger partial charge in [-0.3, -0.25) is 4.79 Å². The van der Waals surface area contributed by atoms with Crippen molar-refractivity contribution in [3.05, 3.63) is 26.1 Å². The first-order valence-corrected chi connectivity index (χ1v) is 11.0. The number of aromatic nitrogens is 3. The van der Waals surface area contributed by atoms with Crippen LogP contribution in [0.25, 0.3) is 0 Å². The number of ether oxygens (including phenoxy) is 2. The number of halogens is 2. The first-order chi connectivity index (χ1) is 13.4. The molecule has 0 bridgehead atoms. The molecule has 1 fully saturated rings. The van der Waals surface area contributed by atoms with Crippen LogP contribution in [0.5, 0.6) is 0 Å². The van der Waals surface area contributed by atoms with Crippen molar-refractivity contribution in [2.75, 3.05) is 31.7 Å². The second kappa shape index (κ2) is 9.33. The number of H-pyrrole nitrogens is 1. The van der Waals surface area contributed by atoms with E-state index in [0.29, 0.717) is 40.2 Å². The maximum absolute atomic E-state index is 12.5. The fourth-order valence-electron chi connectivity index (χ4n) is 2.88. The zero-order chi connectivity index (χ0) is 20.3. The normalized spacial score (nSPS) is 19.5. The fraction of sp³-hybridized carbons (Fsp3) is 0.500. The third-order valence-electron chi connectivity index (χ3n) is 4.25. The molecule has 2 aromatic heterocycles. The highest BCUT2D eigenvalue weighted by Gasteiger charge is 2.32. The summed E-state index contributed by atoms with van der Waals surface area (Å²) in [4.78, 5) is 38.1. The number of rotatable bonds is 6. The second-order valence-electron chi connectivity index (χ2n) is 6.01. The van der Waals surface area contributed by atoms with Crippen LogP contribution in [-0.4, -0.2) is 65.8 Å². The minimum Gasteiger partial charge on any atom is -0.462 e. The Balaban J connectivity index is 1.63. The summed E-state index contributed by atoms with van der Waals surface area (Å²) in [5.74, 6) is -0.451. The average Bonchev–Trinajstić information content (AvgIpc) is 3.30. The number of amides is 1. The van der Waals surface area contributed by atoms with Crippen molar-refractivity contribution in [1.29, 1.82) is 0 Å². The number of imidazole rings is 1. The molecule has 0 saturated carbocycles. The van der Waals surface area contributed by atoms with Crippen LogP contribution in [0.3, 0.4) is 0 Å². The van der Waals surface area contributed by atoms with Gasteiger partial charge < -0.3 is 24.7 Å². The molecule has 2 N–H and O–H groups in total. The molecule has 0 radical (unpaired) electrons. The highest BCUT2D eigenvalue weighted by molar-refractivity contribution is 9.13. The number of carbonyl (C=O) groups is 2. The van der Waals surface area contributed by atoms with E-state index in [0.717, 1.165) is 5.13 Å². The smallest absolute Gasteiger partial charge is 0.350 e. The molecule has 3 rings (SSSR count). The van der Waals surface area contributed by atoms with Crippen molar-refractivity contribution in [1.82, 2.24) is 20.3 Å². The van der Waals surface area contributed by atoms with Crippen molar-refractivity contribution in [3.8, 4) is 0 Å². The van der Waals surface area contributed by atoms with Gasteiger partial charge in [0.2, 0.25) is 0 Å². The Morgan fingerprint density at radius 2 is 2.25 bits per heavy atom. The van der Waals surface area contributed by atoms with Crippen LogP contribution >= 0.6 is 43.2 Å². The Morgan fingerprint density at radius 3 is 2.89 bits per heavy atom. The molecule has 152 valence electrons. The lowest BCUT2D eigenvalue weighted by atomic mass is 10.0. The lowest BCUT2D eigenvalue weighted by molar-refractivity contribution is 0.0530. The Labute approximate surface area is 182 Å². The molecule has 0 aromatic carbocycles. The van der Waals surface area contributed by atoms with Crippen LogP contribution in [-0.2, 0) is 9.47 Å². The number of anilines is 1. The van der Waals surface area contributed by atoms with Gasteiger partial charge in [-0.25, -0.2) is 14.8 Å². The summed E-state index contributed by atoms with van der Waals surface area (Å²) in [6, 6.07) is -0.166. The van der Waals surface area contributed by atoms with Crippen LogP contribution in [0.4, 0.5) is 5.13 Å². The molecular formula is C16H19Br2N5O4S. The number of nitrogens with zero attached hydrogens (tertiary/aromatic N) is 3. The first kappa shape index (κ1) is 21.2. The van der Waals surface area contributed by atoms with Crippen molar-refractivity contribution < 1.29 is 19.1 Å². The summed E-state index contributed by atoms with van der Waals surface area (Å²) < 4.78 is 11.7. The standard InChI is InChI=1S/C16H19Br2N5O4S/c1-3-27-15(25)10-6-19-16(28-10)23-5-4-8(9(7-23)26-2)20-14(24)13-21-11(17)12(18)22-13/h6,8-9H,3-5,7H2,1-2H3,(H,20,24)(H,21,22)/t8-,9+/m1/s1. The van der Waals surface area contributed by atoms with E-state index in [2.05, 4.69) is 52.1 Å². The minimum atomic E-state index is -0.368. The quantitative estimate of drug-likeness (QED) is 0.546. The van der Waals surface area contributed by atoms with Gasteiger partial charge in [0.15, 0.2) is 11.0 Å². The van der Waals surface area contributed by atoms with Gasteiger partial charge in [-0.2, -0.15) is 0 Å². The third-order valence-corrected chi connectivity index (χ3v) is 6.97. The number of esters is 1. The molecule has 1 saturated heterocycles. The van der Waals surface area contributed by atoms with Gasteiger partial charge in [0.05, 0.1) is 24.9 Å². The lowest BCUT2D eigenvalue weighted by Gasteiger charge is -2.37. The Bertz CT molecular complexity index is 838. The number of piperidine rings is 1. The fourth-order valence-corrected chi connectivity index (χ4v) is 4.27. The number of carbonyl (C=O) groups excluding carboxylic acids is 2. The summed E-state index contributed by atoms with van der Waals surface area (Å²) in [5, 5.41) is 3.70. The summed E-state index contributed by atoms with van der Waals surface area (Å²) >= 11 is 7.82. The maximum atomic E-state index is 12.5. The molecule has 0 spiro atoms. The van der Waals surface area contributed by atoms with E-state index in [1.165, 1.54) is 17.5 Å². The van der Waals surface area contributed by atoms with Crippen molar-refractivity contribution >= 4 is 60.2 Å². The van der Waals surface area contributed by atoms with E-state index in [4.69, 9.17) is 9.47 Å². The molecular weight excluding hydrogens is 518 g/mol. The summed E-state index contributed by atoms with van der Waals surface area (Å²) in [5.41, 5.74) is 0. The number of nitrogens with one attached hydrogen (secondary N) is 2. The molecule has 0 aliphatic carbocycles. The van der Waals surface area contributed by atoms with Crippen molar-refractivity contribution in [2.24, 2.45) is 0 Å². The highest BCUT2D eigenvalue weighted by Crippen LogP contribution is 2.27. The molecule has 2 aromatic rings. The Hall–Kier alpha value is -1.50. The zero-order valence-corrected chi connectivity index (χ0v) is 19.2. The Kier molecular flexibility index (Phi) is 7.07. The van der Waals surface area contributed by atoms with E-state index in [1.807, 2.05) is 4.90 Å². The van der Waals surface area contributed by atoms with E-state index in [-0.39, 0.29) is 29.8 Å². The number of methoxy groups -OCH3 is 1. The first-order valence-electron chi connectivity index (χ1n) is 8.55. The highest BCUT2D eigenvalue weighted by atomic mass is 79.9. The van der Waals surface area contributed by atoms with E-state index < -0.39 is 0 Å². The van der Waals surface area contributed by atoms with Gasteiger partial charge in [0, 0.05) is 20.2 Å². The lowest BCUT2D eigenvalue weighted by Crippen LogP contribution is -2.55. The van der Waals surface area contributed by atoms with E-state index in [9.17, 15) is 9.59 Å². The predicted octanol–water partition coefficient (Wildman–Crippen LogP) is 2.59. The van der Waals surface area contributed by atoms with E-state index >= 15 is 0 Å². The number of hydrogen-bond donors (Lipinski definition) is 2. The van der Waals surface area contributed by atoms with Crippen LogP contribution in [0, 0.1) is 0 Å². The van der Waals surface area contributed by atoms with Gasteiger partial charge in [-0.1, -0.05) is 11.3 Å². The zero-order valence-electron chi connectivity index (χ0n) is 15.2. The second-order valence-corrected chi connectivity index (χ2v) is 8.56. The SMILES string of the molecule is CCOC(=O)c1cnc(N2CC[C@@H](NC(=O)c3nc(Br)c(Br)[nH]3)[C@@H](OC)C2)s1. The summed E-state index contributed by atoms with van der Waals surface area (Å²) in [6.07, 6.45) is 1.97. The average molecular weight is 537 g/mol. The molecule has 1 aliphatic rings. The number of aromatic amines is 1. The van der Waals surface area contributed by atoms with Crippen molar-refractivity contribution in [3.63, 3.8) is 0 Å². The van der Waals surface area contributed by atoms with Crippen molar-refractivity contribution in [2.45, 2.75) is 25.5 Å². The van der Waals surface area contributed by atoms with Crippen LogP contribution in [0.15, 0.2) is 15.4 Å². The number of thiazole rings is 1. The molecule has 1 aliphatic heterocycles. The number of hydrogen-bond acceptors (Lipinski definition) is 8. The van der Waals surface area contributed by atoms with Gasteiger partial charge in [-0.15, -0.1) is 0 Å². The molecule has 3 heterocycles. The van der Waals surface area contributed by atoms with Crippen LogP contribution < -0.4 is 10.2 Å². The molecule has 28 heavy (non-hydrogen) atoms. The molecule has 2 atom stereocenters. The molecule has 0 unspecified atom stereocenters. The summed E-state index contributed by atoms with van der Waals surface area (Å²) in [6.45, 7) is 3.31. The van der Waals surface area contributed by atoms with Gasteiger partial charge >= 0.3 is 5.97 Å².